The number of carbonyl (C=O) groups excluding carboxylic acids is 1. The fourth-order valence-corrected chi connectivity index (χ4v) is 2.62. The van der Waals surface area contributed by atoms with Crippen molar-refractivity contribution in [3.8, 4) is 11.1 Å². The molecule has 3 nitrogen and oxygen atoms in total. The van der Waals surface area contributed by atoms with Crippen LogP contribution in [0.3, 0.4) is 0 Å². The smallest absolute Gasteiger partial charge is 0.265 e. The summed E-state index contributed by atoms with van der Waals surface area (Å²) in [6.07, 6.45) is 0. The summed E-state index contributed by atoms with van der Waals surface area (Å²) in [5.41, 5.74) is 8.44. The first-order valence-electron chi connectivity index (χ1n) is 6.35. The van der Waals surface area contributed by atoms with Crippen LogP contribution in [0.15, 0.2) is 36.4 Å². The molecule has 3 N–H and O–H groups in total. The van der Waals surface area contributed by atoms with Crippen molar-refractivity contribution in [1.29, 1.82) is 0 Å². The highest BCUT2D eigenvalue weighted by molar-refractivity contribution is 6.30. The lowest BCUT2D eigenvalue weighted by Gasteiger charge is -2.05. The number of H-pyrrole nitrogens is 1. The Morgan fingerprint density at radius 2 is 1.90 bits per heavy atom. The van der Waals surface area contributed by atoms with E-state index in [1.807, 2.05) is 0 Å². The Kier molecular flexibility index (Phi) is 3.18. The molecule has 3 rings (SSSR count). The van der Waals surface area contributed by atoms with Gasteiger partial charge < -0.3 is 10.7 Å². The molecule has 1 heterocycles. The number of hydrogen-bond acceptors (Lipinski definition) is 1. The molecule has 0 radical (unpaired) electrons. The van der Waals surface area contributed by atoms with Crippen molar-refractivity contribution in [1.82, 2.24) is 4.98 Å². The fourth-order valence-electron chi connectivity index (χ4n) is 2.49. The lowest BCUT2D eigenvalue weighted by Crippen LogP contribution is -2.12. The highest BCUT2D eigenvalue weighted by Crippen LogP contribution is 2.33. The largest absolute Gasteiger partial charge is 0.364 e. The first-order valence-corrected chi connectivity index (χ1v) is 6.72. The number of aryl methyl sites for hydroxylation is 1. The first-order chi connectivity index (χ1) is 9.97. The maximum Gasteiger partial charge on any atom is 0.265 e. The van der Waals surface area contributed by atoms with Crippen molar-refractivity contribution in [3.63, 3.8) is 0 Å². The number of nitrogens with two attached hydrogens (primary N) is 1. The van der Waals surface area contributed by atoms with Crippen LogP contribution in [0.4, 0.5) is 4.39 Å². The Morgan fingerprint density at radius 3 is 2.52 bits per heavy atom. The van der Waals surface area contributed by atoms with Gasteiger partial charge in [0.25, 0.3) is 5.91 Å². The zero-order chi connectivity index (χ0) is 15.1. The van der Waals surface area contributed by atoms with E-state index >= 15 is 0 Å². The molecule has 1 amide bonds. The molecular formula is C16H12ClFN2O. The van der Waals surface area contributed by atoms with Crippen LogP contribution in [0, 0.1) is 12.7 Å². The van der Waals surface area contributed by atoms with E-state index < -0.39 is 5.91 Å². The summed E-state index contributed by atoms with van der Waals surface area (Å²) in [6, 6.07) is 9.89. The average molecular weight is 303 g/mol. The second kappa shape index (κ2) is 4.90. The minimum atomic E-state index is -0.564. The number of amides is 1. The van der Waals surface area contributed by atoms with Crippen LogP contribution in [-0.4, -0.2) is 10.9 Å². The van der Waals surface area contributed by atoms with Crippen LogP contribution in [0.2, 0.25) is 5.02 Å². The normalized spacial score (nSPS) is 11.0. The molecule has 5 heteroatoms. The molecular weight excluding hydrogens is 291 g/mol. The number of halogens is 2. The molecule has 106 valence electrons. The van der Waals surface area contributed by atoms with E-state index in [1.165, 1.54) is 12.1 Å². The number of aromatic amines is 1. The number of nitrogens with one attached hydrogen (secondary N) is 1. The van der Waals surface area contributed by atoms with Crippen LogP contribution in [-0.2, 0) is 0 Å². The van der Waals surface area contributed by atoms with Gasteiger partial charge in [-0.15, -0.1) is 0 Å². The van der Waals surface area contributed by atoms with Gasteiger partial charge in [0.1, 0.15) is 11.5 Å². The molecule has 21 heavy (non-hydrogen) atoms. The van der Waals surface area contributed by atoms with Gasteiger partial charge in [-0.1, -0.05) is 23.7 Å². The van der Waals surface area contributed by atoms with Crippen LogP contribution in [0.25, 0.3) is 22.0 Å². The van der Waals surface area contributed by atoms with Gasteiger partial charge in [0.05, 0.1) is 5.52 Å². The lowest BCUT2D eigenvalue weighted by molar-refractivity contribution is 0.0996. The number of benzene rings is 2. The zero-order valence-corrected chi connectivity index (χ0v) is 12.0. The predicted molar refractivity (Wildman–Crippen MR) is 82.0 cm³/mol. The Morgan fingerprint density at radius 1 is 1.24 bits per heavy atom. The Bertz CT molecular complexity index is 853. The average Bonchev–Trinajstić information content (AvgIpc) is 2.77. The lowest BCUT2D eigenvalue weighted by atomic mass is 10.0. The van der Waals surface area contributed by atoms with Gasteiger partial charge in [-0.3, -0.25) is 4.79 Å². The second-order valence-electron chi connectivity index (χ2n) is 4.87. The van der Waals surface area contributed by atoms with Gasteiger partial charge in [0.15, 0.2) is 0 Å². The molecule has 0 aliphatic carbocycles. The van der Waals surface area contributed by atoms with Gasteiger partial charge in [0.2, 0.25) is 0 Å². The molecule has 0 saturated carbocycles. The molecule has 0 atom stereocenters. The molecule has 2 aromatic carbocycles. The summed E-state index contributed by atoms with van der Waals surface area (Å²) in [5.74, 6) is -0.934. The molecule has 1 aromatic heterocycles. The third-order valence-corrected chi connectivity index (χ3v) is 3.79. The van der Waals surface area contributed by atoms with Gasteiger partial charge in [-0.2, -0.15) is 0 Å². The summed E-state index contributed by atoms with van der Waals surface area (Å²) in [6.45, 7) is 1.74. The van der Waals surface area contributed by atoms with Crippen molar-refractivity contribution in [2.24, 2.45) is 5.73 Å². The SMILES string of the molecule is Cc1c(C(N)=O)[nH]c2c(-c3ccc(Cl)cc3)cc(F)cc12. The topological polar surface area (TPSA) is 58.9 Å². The molecule has 0 fully saturated rings. The number of carbonyl (C=O) groups is 1. The standard InChI is InChI=1S/C16H12ClFN2O/c1-8-12-6-11(18)7-13(9-2-4-10(17)5-3-9)15(12)20-14(8)16(19)21/h2-7,20H,1H3,(H2,19,21). The number of fused-ring (bicyclic) bond motifs is 1. The molecule has 0 unspecified atom stereocenters. The van der Waals surface area contributed by atoms with E-state index in [2.05, 4.69) is 4.98 Å². The van der Waals surface area contributed by atoms with Crippen LogP contribution >= 0.6 is 11.6 Å². The van der Waals surface area contributed by atoms with Crippen LogP contribution < -0.4 is 5.73 Å². The predicted octanol–water partition coefficient (Wildman–Crippen LogP) is 4.03. The summed E-state index contributed by atoms with van der Waals surface area (Å²) < 4.78 is 13.9. The molecule has 3 aromatic rings. The van der Waals surface area contributed by atoms with Crippen molar-refractivity contribution >= 4 is 28.4 Å². The van der Waals surface area contributed by atoms with E-state index in [0.29, 0.717) is 32.7 Å². The van der Waals surface area contributed by atoms with E-state index in [0.717, 1.165) is 5.56 Å². The maximum absolute atomic E-state index is 13.9. The summed E-state index contributed by atoms with van der Waals surface area (Å²) >= 11 is 5.88. The highest BCUT2D eigenvalue weighted by Gasteiger charge is 2.16. The molecule has 0 aliphatic rings. The number of aromatic nitrogens is 1. The molecule has 0 bridgehead atoms. The number of hydrogen-bond donors (Lipinski definition) is 2. The van der Waals surface area contributed by atoms with Gasteiger partial charge in [-0.25, -0.2) is 4.39 Å². The van der Waals surface area contributed by atoms with E-state index in [1.54, 1.807) is 31.2 Å². The van der Waals surface area contributed by atoms with Crippen molar-refractivity contribution in [2.45, 2.75) is 6.92 Å². The minimum absolute atomic E-state index is 0.297. The van der Waals surface area contributed by atoms with E-state index in [-0.39, 0.29) is 5.82 Å². The zero-order valence-electron chi connectivity index (χ0n) is 11.2. The summed E-state index contributed by atoms with van der Waals surface area (Å²) in [5, 5.41) is 1.25. The fraction of sp³-hybridized carbons (Fsp3) is 0.0625. The van der Waals surface area contributed by atoms with Gasteiger partial charge in [0, 0.05) is 16.0 Å². The van der Waals surface area contributed by atoms with Crippen LogP contribution in [0.5, 0.6) is 0 Å². The second-order valence-corrected chi connectivity index (χ2v) is 5.31. The monoisotopic (exact) mass is 302 g/mol. The first kappa shape index (κ1) is 13.6. The Balaban J connectivity index is 2.34. The van der Waals surface area contributed by atoms with Gasteiger partial charge >= 0.3 is 0 Å². The Labute approximate surface area is 125 Å². The Hall–Kier alpha value is -2.33. The molecule has 0 spiro atoms. The van der Waals surface area contributed by atoms with Gasteiger partial charge in [-0.05, 0) is 42.3 Å². The summed E-state index contributed by atoms with van der Waals surface area (Å²) in [4.78, 5) is 14.4. The minimum Gasteiger partial charge on any atom is -0.364 e. The quantitative estimate of drug-likeness (QED) is 0.737. The van der Waals surface area contributed by atoms with Crippen molar-refractivity contribution in [2.75, 3.05) is 0 Å². The molecule has 0 saturated heterocycles. The van der Waals surface area contributed by atoms with E-state index in [4.69, 9.17) is 17.3 Å². The third-order valence-electron chi connectivity index (χ3n) is 3.53. The molecule has 0 aliphatic heterocycles. The number of primary amides is 1. The number of rotatable bonds is 2. The maximum atomic E-state index is 13.9. The van der Waals surface area contributed by atoms with E-state index in [9.17, 15) is 9.18 Å². The van der Waals surface area contributed by atoms with Crippen molar-refractivity contribution < 1.29 is 9.18 Å². The van der Waals surface area contributed by atoms with Crippen LogP contribution in [0.1, 0.15) is 16.1 Å². The summed E-state index contributed by atoms with van der Waals surface area (Å²) in [7, 11) is 0. The van der Waals surface area contributed by atoms with Crippen molar-refractivity contribution in [3.05, 3.63) is 58.5 Å². The third kappa shape index (κ3) is 2.28. The highest BCUT2D eigenvalue weighted by atomic mass is 35.5.